The van der Waals surface area contributed by atoms with Gasteiger partial charge < -0.3 is 20.1 Å². The van der Waals surface area contributed by atoms with Gasteiger partial charge in [-0.3, -0.25) is 4.79 Å². The molecule has 1 rings (SSSR count). The molecule has 3 N–H and O–H groups in total. The number of carbonyl (C=O) groups is 1. The van der Waals surface area contributed by atoms with E-state index in [-0.39, 0.29) is 6.61 Å². The molecule has 5 nitrogen and oxygen atoms in total. The molecule has 64 valence electrons. The van der Waals surface area contributed by atoms with Crippen LogP contribution >= 0.6 is 0 Å². The van der Waals surface area contributed by atoms with E-state index < -0.39 is 30.7 Å². The second-order valence-corrected chi connectivity index (χ2v) is 2.43. The largest absolute Gasteiger partial charge is 0.394 e. The lowest BCUT2D eigenvalue weighted by Gasteiger charge is -2.29. The van der Waals surface area contributed by atoms with E-state index in [1.54, 1.807) is 0 Å². The molecule has 0 aromatic heterocycles. The van der Waals surface area contributed by atoms with Crippen LogP contribution in [-0.2, 0) is 9.53 Å². The molecule has 5 heteroatoms. The Balaban J connectivity index is 2.59. The summed E-state index contributed by atoms with van der Waals surface area (Å²) < 4.78 is 4.71. The molecule has 11 heavy (non-hydrogen) atoms. The van der Waals surface area contributed by atoms with Crippen LogP contribution in [0.4, 0.5) is 0 Å². The lowest BCUT2D eigenvalue weighted by molar-refractivity contribution is -0.170. The minimum absolute atomic E-state index is 0.247. The predicted molar refractivity (Wildman–Crippen MR) is 33.8 cm³/mol. The number of aliphatic hydroxyl groups excluding tert-OH is 3. The SMILES string of the molecule is O=C1CO[C@H](CO)C(O)[C@@H]1O. The number of hydrogen-bond donors (Lipinski definition) is 3. The summed E-state index contributed by atoms with van der Waals surface area (Å²) in [5, 5.41) is 26.6. The van der Waals surface area contributed by atoms with Crippen LogP contribution in [0.25, 0.3) is 0 Å². The molecule has 3 atom stereocenters. The van der Waals surface area contributed by atoms with Crippen molar-refractivity contribution in [3.63, 3.8) is 0 Å². The third-order valence-corrected chi connectivity index (χ3v) is 1.65. The van der Waals surface area contributed by atoms with Gasteiger partial charge in [0.25, 0.3) is 0 Å². The summed E-state index contributed by atoms with van der Waals surface area (Å²) in [6.45, 7) is -0.644. The van der Waals surface area contributed by atoms with Gasteiger partial charge in [0.15, 0.2) is 5.78 Å². The zero-order valence-corrected chi connectivity index (χ0v) is 5.80. The minimum atomic E-state index is -1.42. The van der Waals surface area contributed by atoms with Crippen molar-refractivity contribution in [1.82, 2.24) is 0 Å². The fourth-order valence-corrected chi connectivity index (χ4v) is 0.928. The highest BCUT2D eigenvalue weighted by Gasteiger charge is 2.36. The Morgan fingerprint density at radius 2 is 2.18 bits per heavy atom. The van der Waals surface area contributed by atoms with Gasteiger partial charge in [0.2, 0.25) is 0 Å². The number of carbonyl (C=O) groups excluding carboxylic acids is 1. The smallest absolute Gasteiger partial charge is 0.189 e. The molecule has 1 aliphatic heterocycles. The predicted octanol–water partition coefficient (Wildman–Crippen LogP) is -2.33. The van der Waals surface area contributed by atoms with Crippen molar-refractivity contribution >= 4 is 5.78 Å². The van der Waals surface area contributed by atoms with E-state index in [9.17, 15) is 4.79 Å². The summed E-state index contributed by atoms with van der Waals surface area (Å²) in [5.41, 5.74) is 0. The molecule has 0 aliphatic carbocycles. The van der Waals surface area contributed by atoms with Crippen molar-refractivity contribution in [3.8, 4) is 0 Å². The van der Waals surface area contributed by atoms with E-state index in [0.717, 1.165) is 0 Å². The summed E-state index contributed by atoms with van der Waals surface area (Å²) in [5.74, 6) is -0.554. The molecule has 0 spiro atoms. The Morgan fingerprint density at radius 1 is 1.55 bits per heavy atom. The molecule has 0 bridgehead atoms. The maximum absolute atomic E-state index is 10.6. The third kappa shape index (κ3) is 1.57. The molecule has 1 saturated heterocycles. The maximum Gasteiger partial charge on any atom is 0.189 e. The van der Waals surface area contributed by atoms with Crippen molar-refractivity contribution in [2.75, 3.05) is 13.2 Å². The summed E-state index contributed by atoms with van der Waals surface area (Å²) in [7, 11) is 0. The van der Waals surface area contributed by atoms with Gasteiger partial charge >= 0.3 is 0 Å². The Morgan fingerprint density at radius 3 is 2.73 bits per heavy atom. The van der Waals surface area contributed by atoms with Gasteiger partial charge in [-0.2, -0.15) is 0 Å². The van der Waals surface area contributed by atoms with Gasteiger partial charge in [-0.1, -0.05) is 0 Å². The second kappa shape index (κ2) is 3.27. The Kier molecular flexibility index (Phi) is 2.56. The molecule has 0 radical (unpaired) electrons. The standard InChI is InChI=1S/C6H10O5/c7-1-4-6(10)5(9)3(8)2-11-4/h4-7,9-10H,1-2H2/t4-,5-,6?/m1/s1. The topological polar surface area (TPSA) is 87.0 Å². The zero-order valence-electron chi connectivity index (χ0n) is 5.80. The number of Topliss-reactive ketones (excluding diaryl/α,β-unsaturated/α-hetero) is 1. The van der Waals surface area contributed by atoms with Gasteiger partial charge in [0.1, 0.15) is 24.9 Å². The monoisotopic (exact) mass is 162 g/mol. The lowest BCUT2D eigenvalue weighted by Crippen LogP contribution is -2.51. The Hall–Kier alpha value is -0.490. The molecule has 0 aromatic rings. The molecule has 0 amide bonds. The van der Waals surface area contributed by atoms with Gasteiger partial charge in [-0.25, -0.2) is 0 Å². The number of ether oxygens (including phenoxy) is 1. The van der Waals surface area contributed by atoms with Gasteiger partial charge in [0.05, 0.1) is 6.61 Å². The average Bonchev–Trinajstić information content (AvgIpc) is 2.01. The molecule has 1 unspecified atom stereocenters. The lowest BCUT2D eigenvalue weighted by atomic mass is 10.0. The van der Waals surface area contributed by atoms with Crippen LogP contribution in [0.2, 0.25) is 0 Å². The molecule has 0 aromatic carbocycles. The molecule has 0 saturated carbocycles. The van der Waals surface area contributed by atoms with Gasteiger partial charge in [0, 0.05) is 0 Å². The van der Waals surface area contributed by atoms with E-state index in [4.69, 9.17) is 20.1 Å². The van der Waals surface area contributed by atoms with Crippen LogP contribution in [0.1, 0.15) is 0 Å². The van der Waals surface area contributed by atoms with Crippen LogP contribution in [0, 0.1) is 0 Å². The quantitative estimate of drug-likeness (QED) is 0.402. The van der Waals surface area contributed by atoms with E-state index >= 15 is 0 Å². The van der Waals surface area contributed by atoms with Crippen LogP contribution in [0.15, 0.2) is 0 Å². The van der Waals surface area contributed by atoms with Crippen molar-refractivity contribution < 1.29 is 24.9 Å². The van der Waals surface area contributed by atoms with Crippen molar-refractivity contribution in [1.29, 1.82) is 0 Å². The fraction of sp³-hybridized carbons (Fsp3) is 0.833. The van der Waals surface area contributed by atoms with E-state index in [0.29, 0.717) is 0 Å². The summed E-state index contributed by atoms with van der Waals surface area (Å²) >= 11 is 0. The number of hydrogen-bond acceptors (Lipinski definition) is 5. The highest BCUT2D eigenvalue weighted by molar-refractivity contribution is 5.85. The first kappa shape index (κ1) is 8.61. The Bertz CT molecular complexity index is 157. The van der Waals surface area contributed by atoms with E-state index in [1.807, 2.05) is 0 Å². The summed E-state index contributed by atoms with van der Waals surface area (Å²) in [6, 6.07) is 0. The maximum atomic E-state index is 10.6. The summed E-state index contributed by atoms with van der Waals surface area (Å²) in [4.78, 5) is 10.6. The first-order valence-electron chi connectivity index (χ1n) is 3.28. The van der Waals surface area contributed by atoms with E-state index in [2.05, 4.69) is 0 Å². The summed E-state index contributed by atoms with van der Waals surface area (Å²) in [6.07, 6.45) is -3.56. The molecule has 1 heterocycles. The first-order chi connectivity index (χ1) is 5.16. The average molecular weight is 162 g/mol. The third-order valence-electron chi connectivity index (χ3n) is 1.65. The first-order valence-corrected chi connectivity index (χ1v) is 3.28. The molecule has 1 fully saturated rings. The second-order valence-electron chi connectivity index (χ2n) is 2.43. The molecule has 1 aliphatic rings. The van der Waals surface area contributed by atoms with Crippen molar-refractivity contribution in [2.24, 2.45) is 0 Å². The fourth-order valence-electron chi connectivity index (χ4n) is 0.928. The highest BCUT2D eigenvalue weighted by Crippen LogP contribution is 2.11. The Labute approximate surface area is 63.2 Å². The van der Waals surface area contributed by atoms with Crippen LogP contribution < -0.4 is 0 Å². The highest BCUT2D eigenvalue weighted by atomic mass is 16.5. The normalized spacial score (nSPS) is 39.2. The zero-order chi connectivity index (χ0) is 8.43. The molecular weight excluding hydrogens is 152 g/mol. The number of aliphatic hydroxyl groups is 3. The number of ketones is 1. The number of rotatable bonds is 1. The van der Waals surface area contributed by atoms with Gasteiger partial charge in [-0.05, 0) is 0 Å². The minimum Gasteiger partial charge on any atom is -0.394 e. The van der Waals surface area contributed by atoms with Crippen molar-refractivity contribution in [3.05, 3.63) is 0 Å². The van der Waals surface area contributed by atoms with Gasteiger partial charge in [-0.15, -0.1) is 0 Å². The van der Waals surface area contributed by atoms with E-state index in [1.165, 1.54) is 0 Å². The molecular formula is C6H10O5. The van der Waals surface area contributed by atoms with Crippen LogP contribution in [0.5, 0.6) is 0 Å². The van der Waals surface area contributed by atoms with Crippen LogP contribution in [0.3, 0.4) is 0 Å². The van der Waals surface area contributed by atoms with Crippen molar-refractivity contribution in [2.45, 2.75) is 18.3 Å². The van der Waals surface area contributed by atoms with Crippen LogP contribution in [-0.4, -0.2) is 52.6 Å².